The number of nitrogens with zero attached hydrogens (tertiary/aromatic N) is 3. The lowest BCUT2D eigenvalue weighted by atomic mass is 9.99. The fraction of sp³-hybridized carbons (Fsp3) is 0.400. The molecule has 4 amide bonds. The maximum atomic E-state index is 13.9. The number of hydrogen-bond donors (Lipinski definition) is 3. The van der Waals surface area contributed by atoms with E-state index in [1.165, 1.54) is 19.9 Å². The number of aliphatic hydroxyl groups is 1. The predicted molar refractivity (Wildman–Crippen MR) is 128 cm³/mol. The van der Waals surface area contributed by atoms with Gasteiger partial charge in [-0.3, -0.25) is 4.98 Å². The maximum Gasteiger partial charge on any atom is 0.322 e. The standard InChI is InChI=1S/C25H29F2N5O3/c1-25(2,35)22(27)13-29-23(33)31-9-7-17(8-10-31)16-3-5-20(6-4-16)30-24(34)32-14-18-11-19(26)12-28-21(18)15-32/h3-7,11-12,22,35H,8-10,13-15H2,1-2H3,(H,29,33)(H,30,34)/t22-/m0/s1. The summed E-state index contributed by atoms with van der Waals surface area (Å²) in [6.07, 6.45) is 2.19. The molecule has 1 aromatic heterocycles. The molecule has 3 N–H and O–H groups in total. The highest BCUT2D eigenvalue weighted by Gasteiger charge is 2.28. The first-order valence-corrected chi connectivity index (χ1v) is 11.5. The van der Waals surface area contributed by atoms with Crippen molar-refractivity contribution in [3.63, 3.8) is 0 Å². The van der Waals surface area contributed by atoms with Gasteiger partial charge in [0.05, 0.1) is 30.6 Å². The van der Waals surface area contributed by atoms with Crippen molar-refractivity contribution in [2.24, 2.45) is 0 Å². The van der Waals surface area contributed by atoms with Crippen molar-refractivity contribution >= 4 is 23.3 Å². The number of fused-ring (bicyclic) bond motifs is 1. The van der Waals surface area contributed by atoms with Crippen LogP contribution in [-0.4, -0.2) is 63.4 Å². The molecule has 186 valence electrons. The minimum absolute atomic E-state index is 0.250. The fourth-order valence-electron chi connectivity index (χ4n) is 4.00. The third-order valence-corrected chi connectivity index (χ3v) is 6.22. The van der Waals surface area contributed by atoms with E-state index in [9.17, 15) is 23.5 Å². The lowest BCUT2D eigenvalue weighted by molar-refractivity contribution is -0.00146. The Bertz CT molecular complexity index is 1130. The molecule has 35 heavy (non-hydrogen) atoms. The van der Waals surface area contributed by atoms with Crippen molar-refractivity contribution in [3.05, 3.63) is 65.2 Å². The Balaban J connectivity index is 1.28. The van der Waals surface area contributed by atoms with E-state index in [0.717, 1.165) is 17.3 Å². The Morgan fingerprint density at radius 3 is 2.57 bits per heavy atom. The highest BCUT2D eigenvalue weighted by Crippen LogP contribution is 2.25. The second kappa shape index (κ2) is 9.99. The molecule has 0 radical (unpaired) electrons. The molecule has 0 bridgehead atoms. The predicted octanol–water partition coefficient (Wildman–Crippen LogP) is 3.68. The van der Waals surface area contributed by atoms with Crippen LogP contribution < -0.4 is 10.6 Å². The summed E-state index contributed by atoms with van der Waals surface area (Å²) in [5.41, 5.74) is 2.61. The van der Waals surface area contributed by atoms with Crippen LogP contribution in [0.2, 0.25) is 0 Å². The van der Waals surface area contributed by atoms with E-state index in [-0.39, 0.29) is 18.6 Å². The molecule has 8 nitrogen and oxygen atoms in total. The number of anilines is 1. The van der Waals surface area contributed by atoms with Gasteiger partial charge in [0.15, 0.2) is 0 Å². The van der Waals surface area contributed by atoms with Gasteiger partial charge in [-0.2, -0.15) is 0 Å². The van der Waals surface area contributed by atoms with Crippen molar-refractivity contribution in [2.75, 3.05) is 25.0 Å². The molecule has 1 atom stereocenters. The lowest BCUT2D eigenvalue weighted by Gasteiger charge is -2.28. The highest BCUT2D eigenvalue weighted by molar-refractivity contribution is 5.90. The number of benzene rings is 1. The molecule has 2 aliphatic rings. The SMILES string of the molecule is CC(C)(O)[C@@H](F)CNC(=O)N1CC=C(c2ccc(NC(=O)N3Cc4cc(F)cnc4C3)cc2)CC1. The largest absolute Gasteiger partial charge is 0.387 e. The number of hydrogen-bond acceptors (Lipinski definition) is 4. The third-order valence-electron chi connectivity index (χ3n) is 6.22. The summed E-state index contributed by atoms with van der Waals surface area (Å²) in [7, 11) is 0. The van der Waals surface area contributed by atoms with E-state index >= 15 is 0 Å². The van der Waals surface area contributed by atoms with Crippen molar-refractivity contribution in [1.29, 1.82) is 0 Å². The van der Waals surface area contributed by atoms with Crippen LogP contribution in [0.15, 0.2) is 42.6 Å². The number of aromatic nitrogens is 1. The molecular weight excluding hydrogens is 456 g/mol. The second-order valence-corrected chi connectivity index (χ2v) is 9.36. The van der Waals surface area contributed by atoms with Crippen molar-refractivity contribution in [3.8, 4) is 0 Å². The average Bonchev–Trinajstić information content (AvgIpc) is 3.26. The molecule has 4 rings (SSSR count). The molecular formula is C25H29F2N5O3. The summed E-state index contributed by atoms with van der Waals surface area (Å²) in [5.74, 6) is -0.415. The van der Waals surface area contributed by atoms with Gasteiger partial charge in [0.2, 0.25) is 0 Å². The topological polar surface area (TPSA) is 97.8 Å². The number of pyridine rings is 1. The van der Waals surface area contributed by atoms with Crippen LogP contribution in [0.3, 0.4) is 0 Å². The van der Waals surface area contributed by atoms with Gasteiger partial charge in [0.25, 0.3) is 0 Å². The highest BCUT2D eigenvalue weighted by atomic mass is 19.1. The van der Waals surface area contributed by atoms with E-state index in [4.69, 9.17) is 0 Å². The number of amides is 4. The second-order valence-electron chi connectivity index (χ2n) is 9.36. The quantitative estimate of drug-likeness (QED) is 0.602. The summed E-state index contributed by atoms with van der Waals surface area (Å²) in [5, 5.41) is 15.0. The Morgan fingerprint density at radius 2 is 1.91 bits per heavy atom. The van der Waals surface area contributed by atoms with Gasteiger partial charge in [-0.25, -0.2) is 18.4 Å². The molecule has 0 saturated carbocycles. The van der Waals surface area contributed by atoms with Gasteiger partial charge >= 0.3 is 12.1 Å². The zero-order chi connectivity index (χ0) is 25.2. The van der Waals surface area contributed by atoms with Crippen LogP contribution in [0.1, 0.15) is 37.1 Å². The lowest BCUT2D eigenvalue weighted by Crippen LogP contribution is -2.47. The maximum absolute atomic E-state index is 13.9. The van der Waals surface area contributed by atoms with E-state index in [2.05, 4.69) is 15.6 Å². The van der Waals surface area contributed by atoms with Crippen LogP contribution in [-0.2, 0) is 13.1 Å². The summed E-state index contributed by atoms with van der Waals surface area (Å²) in [6.45, 7) is 4.00. The Hall–Kier alpha value is -3.53. The molecule has 0 fully saturated rings. The van der Waals surface area contributed by atoms with E-state index in [1.54, 1.807) is 9.80 Å². The minimum atomic E-state index is -1.55. The van der Waals surface area contributed by atoms with Gasteiger partial charge in [-0.05, 0) is 55.2 Å². The average molecular weight is 486 g/mol. The third kappa shape index (κ3) is 5.94. The molecule has 0 aliphatic carbocycles. The van der Waals surface area contributed by atoms with Gasteiger partial charge < -0.3 is 25.5 Å². The van der Waals surface area contributed by atoms with E-state index in [1.807, 2.05) is 30.3 Å². The van der Waals surface area contributed by atoms with Crippen LogP contribution in [0.25, 0.3) is 5.57 Å². The van der Waals surface area contributed by atoms with Crippen LogP contribution in [0.4, 0.5) is 24.1 Å². The van der Waals surface area contributed by atoms with Gasteiger partial charge in [-0.1, -0.05) is 18.2 Å². The van der Waals surface area contributed by atoms with Crippen molar-refractivity contribution in [2.45, 2.75) is 45.1 Å². The molecule has 0 spiro atoms. The summed E-state index contributed by atoms with van der Waals surface area (Å²) >= 11 is 0. The zero-order valence-corrected chi connectivity index (χ0v) is 19.7. The normalized spacial score (nSPS) is 16.4. The number of carbonyl (C=O) groups excluding carboxylic acids is 2. The Labute approximate surface area is 202 Å². The van der Waals surface area contributed by atoms with Crippen molar-refractivity contribution in [1.82, 2.24) is 20.1 Å². The number of halogens is 2. The van der Waals surface area contributed by atoms with Crippen molar-refractivity contribution < 1.29 is 23.5 Å². The summed E-state index contributed by atoms with van der Waals surface area (Å²) < 4.78 is 27.2. The summed E-state index contributed by atoms with van der Waals surface area (Å²) in [4.78, 5) is 32.1. The molecule has 1 aromatic carbocycles. The zero-order valence-electron chi connectivity index (χ0n) is 19.7. The molecule has 2 aromatic rings. The number of nitrogens with one attached hydrogen (secondary N) is 2. The number of rotatable bonds is 5. The number of carbonyl (C=O) groups is 2. The molecule has 0 saturated heterocycles. The number of urea groups is 2. The Kier molecular flexibility index (Phi) is 7.02. The molecule has 10 heteroatoms. The molecule has 0 unspecified atom stereocenters. The molecule has 2 aliphatic heterocycles. The van der Waals surface area contributed by atoms with Gasteiger partial charge in [-0.15, -0.1) is 0 Å². The first kappa shape index (κ1) is 24.6. The van der Waals surface area contributed by atoms with Crippen LogP contribution in [0, 0.1) is 5.82 Å². The van der Waals surface area contributed by atoms with E-state index in [0.29, 0.717) is 49.5 Å². The van der Waals surface area contributed by atoms with Gasteiger partial charge in [0.1, 0.15) is 12.0 Å². The number of alkyl halides is 1. The van der Waals surface area contributed by atoms with Gasteiger partial charge in [0, 0.05) is 25.3 Å². The van der Waals surface area contributed by atoms with Crippen LogP contribution >= 0.6 is 0 Å². The first-order valence-electron chi connectivity index (χ1n) is 11.5. The fourth-order valence-corrected chi connectivity index (χ4v) is 4.00. The van der Waals surface area contributed by atoms with E-state index < -0.39 is 17.6 Å². The monoisotopic (exact) mass is 485 g/mol. The smallest absolute Gasteiger partial charge is 0.322 e. The first-order chi connectivity index (χ1) is 16.6. The van der Waals surface area contributed by atoms with Crippen LogP contribution in [0.5, 0.6) is 0 Å². The summed E-state index contributed by atoms with van der Waals surface area (Å²) in [6, 6.07) is 8.19. The minimum Gasteiger partial charge on any atom is -0.387 e. The molecule has 3 heterocycles. The Morgan fingerprint density at radius 1 is 1.17 bits per heavy atom.